The molecule has 5 nitrogen and oxygen atoms in total. The van der Waals surface area contributed by atoms with Crippen LogP contribution in [0.2, 0.25) is 0 Å². The van der Waals surface area contributed by atoms with Crippen molar-refractivity contribution in [1.82, 2.24) is 9.80 Å². The van der Waals surface area contributed by atoms with Crippen LogP contribution in [0.15, 0.2) is 83.9 Å². The van der Waals surface area contributed by atoms with E-state index < -0.39 is 6.04 Å². The van der Waals surface area contributed by atoms with Gasteiger partial charge in [-0.15, -0.1) is 0 Å². The minimum absolute atomic E-state index is 0.0476. The summed E-state index contributed by atoms with van der Waals surface area (Å²) in [5, 5.41) is 0. The normalized spacial score (nSPS) is 17.7. The summed E-state index contributed by atoms with van der Waals surface area (Å²) in [6.45, 7) is 4.38. The summed E-state index contributed by atoms with van der Waals surface area (Å²) in [5.74, 6) is 0.822. The predicted molar refractivity (Wildman–Crippen MR) is 157 cm³/mol. The van der Waals surface area contributed by atoms with Crippen LogP contribution < -0.4 is 0 Å². The van der Waals surface area contributed by atoms with E-state index in [0.29, 0.717) is 13.0 Å². The molecule has 202 valence electrons. The van der Waals surface area contributed by atoms with Crippen LogP contribution >= 0.6 is 0 Å². The molecule has 6 rings (SSSR count). The molecule has 0 amide bonds. The average molecular weight is 522 g/mol. The molecule has 3 aromatic carbocycles. The van der Waals surface area contributed by atoms with Gasteiger partial charge < -0.3 is 14.5 Å². The highest BCUT2D eigenvalue weighted by molar-refractivity contribution is 5.85. The fourth-order valence-electron chi connectivity index (χ4n) is 6.41. The van der Waals surface area contributed by atoms with E-state index in [1.165, 1.54) is 60.8 Å². The largest absolute Gasteiger partial charge is 0.463 e. The third-order valence-corrected chi connectivity index (χ3v) is 8.45. The number of benzene rings is 3. The van der Waals surface area contributed by atoms with Crippen molar-refractivity contribution in [1.29, 1.82) is 0 Å². The molecule has 39 heavy (non-hydrogen) atoms. The molecule has 0 radical (unpaired) electrons. The van der Waals surface area contributed by atoms with Crippen LogP contribution in [0.3, 0.4) is 0 Å². The molecule has 3 aliphatic rings. The summed E-state index contributed by atoms with van der Waals surface area (Å²) in [6, 6.07) is 26.7. The smallest absolute Gasteiger partial charge is 0.331 e. The lowest BCUT2D eigenvalue weighted by Gasteiger charge is -2.39. The summed E-state index contributed by atoms with van der Waals surface area (Å²) in [7, 11) is 0. The molecule has 1 aliphatic carbocycles. The molecule has 1 atom stereocenters. The van der Waals surface area contributed by atoms with Crippen molar-refractivity contribution in [3.63, 3.8) is 0 Å². The van der Waals surface area contributed by atoms with E-state index in [9.17, 15) is 4.79 Å². The van der Waals surface area contributed by atoms with Crippen molar-refractivity contribution in [2.45, 2.75) is 56.9 Å². The van der Waals surface area contributed by atoms with Gasteiger partial charge in [-0.2, -0.15) is 0 Å². The minimum Gasteiger partial charge on any atom is -0.463 e. The van der Waals surface area contributed by atoms with Gasteiger partial charge >= 0.3 is 5.97 Å². The average Bonchev–Trinajstić information content (AvgIpc) is 3.33. The summed E-state index contributed by atoms with van der Waals surface area (Å²) in [6.07, 6.45) is 7.81. The van der Waals surface area contributed by atoms with E-state index in [2.05, 4.69) is 70.5 Å². The number of hydrogen-bond donors (Lipinski definition) is 0. The zero-order chi connectivity index (χ0) is 26.4. The Balaban J connectivity index is 1.27. The molecule has 2 saturated heterocycles. The number of rotatable bonds is 6. The van der Waals surface area contributed by atoms with Gasteiger partial charge in [-0.25, -0.2) is 9.79 Å². The first-order chi connectivity index (χ1) is 19.3. The second-order valence-corrected chi connectivity index (χ2v) is 11.1. The number of nitrogens with zero attached hydrogens (tertiary/aromatic N) is 3. The van der Waals surface area contributed by atoms with Crippen LogP contribution in [0.1, 0.15) is 61.1 Å². The van der Waals surface area contributed by atoms with Crippen LogP contribution in [0, 0.1) is 0 Å². The summed E-state index contributed by atoms with van der Waals surface area (Å²) < 4.78 is 6.17. The molecular formula is C34H39N3O2. The quantitative estimate of drug-likeness (QED) is 0.218. The molecule has 0 aromatic heterocycles. The highest BCUT2D eigenvalue weighted by atomic mass is 16.5. The lowest BCUT2D eigenvalue weighted by molar-refractivity contribution is -0.145. The Bertz CT molecular complexity index is 1230. The summed E-state index contributed by atoms with van der Waals surface area (Å²) in [5.41, 5.74) is 6.06. The number of hydrogen-bond acceptors (Lipinski definition) is 3. The van der Waals surface area contributed by atoms with Crippen LogP contribution in [0.25, 0.3) is 11.1 Å². The number of ether oxygens (including phenoxy) is 1. The maximum Gasteiger partial charge on any atom is 0.331 e. The minimum atomic E-state index is -0.571. The van der Waals surface area contributed by atoms with E-state index in [-0.39, 0.29) is 11.9 Å². The third-order valence-electron chi connectivity index (χ3n) is 8.45. The van der Waals surface area contributed by atoms with Gasteiger partial charge in [-0.3, -0.25) is 0 Å². The molecule has 0 spiro atoms. The number of carbonyl (C=O) groups excluding carboxylic acids is 1. The van der Waals surface area contributed by atoms with Crippen molar-refractivity contribution in [2.24, 2.45) is 4.99 Å². The monoisotopic (exact) mass is 521 g/mol. The van der Waals surface area contributed by atoms with E-state index in [1.54, 1.807) is 0 Å². The van der Waals surface area contributed by atoms with Gasteiger partial charge in [0.15, 0.2) is 12.0 Å². The number of carbonyl (C=O) groups is 1. The Labute approximate surface area is 232 Å². The van der Waals surface area contributed by atoms with Crippen LogP contribution in [-0.4, -0.2) is 60.6 Å². The Morgan fingerprint density at radius 1 is 0.718 bits per heavy atom. The van der Waals surface area contributed by atoms with E-state index in [4.69, 9.17) is 9.73 Å². The second-order valence-electron chi connectivity index (χ2n) is 11.1. The van der Waals surface area contributed by atoms with Crippen molar-refractivity contribution in [3.05, 3.63) is 95.6 Å². The molecule has 0 unspecified atom stereocenters. The Hall–Kier alpha value is -3.60. The lowest BCUT2D eigenvalue weighted by atomic mass is 9.98. The number of aliphatic imine (C=N–C) groups is 1. The van der Waals surface area contributed by atoms with Gasteiger partial charge in [0.2, 0.25) is 0 Å². The molecule has 2 aliphatic heterocycles. The number of fused-ring (bicyclic) bond motifs is 3. The number of piperidine rings is 2. The second kappa shape index (κ2) is 12.1. The fraction of sp³-hybridized carbons (Fsp3) is 0.412. The van der Waals surface area contributed by atoms with Crippen molar-refractivity contribution >= 4 is 11.9 Å². The summed E-state index contributed by atoms with van der Waals surface area (Å²) in [4.78, 5) is 23.9. The first-order valence-corrected chi connectivity index (χ1v) is 14.7. The van der Waals surface area contributed by atoms with E-state index in [1.807, 2.05) is 18.2 Å². The first-order valence-electron chi connectivity index (χ1n) is 14.7. The predicted octanol–water partition coefficient (Wildman–Crippen LogP) is 6.28. The molecule has 3 aromatic rings. The Morgan fingerprint density at radius 3 is 1.79 bits per heavy atom. The van der Waals surface area contributed by atoms with E-state index in [0.717, 1.165) is 37.7 Å². The Kier molecular flexibility index (Phi) is 7.94. The van der Waals surface area contributed by atoms with Crippen LogP contribution in [-0.2, 0) is 16.0 Å². The maximum absolute atomic E-state index is 13.9. The topological polar surface area (TPSA) is 45.1 Å². The van der Waals surface area contributed by atoms with Crippen molar-refractivity contribution < 1.29 is 9.53 Å². The van der Waals surface area contributed by atoms with E-state index >= 15 is 0 Å². The van der Waals surface area contributed by atoms with Gasteiger partial charge in [0.1, 0.15) is 6.61 Å². The van der Waals surface area contributed by atoms with Crippen LogP contribution in [0.4, 0.5) is 0 Å². The molecule has 0 N–H and O–H groups in total. The van der Waals surface area contributed by atoms with Gasteiger partial charge in [-0.1, -0.05) is 78.9 Å². The van der Waals surface area contributed by atoms with Gasteiger partial charge in [-0.05, 0) is 66.3 Å². The van der Waals surface area contributed by atoms with Crippen molar-refractivity contribution in [3.8, 4) is 11.1 Å². The molecular weight excluding hydrogens is 482 g/mol. The molecule has 0 saturated carbocycles. The van der Waals surface area contributed by atoms with Crippen molar-refractivity contribution in [2.75, 3.05) is 32.8 Å². The molecule has 2 heterocycles. The maximum atomic E-state index is 13.9. The highest BCUT2D eigenvalue weighted by Crippen LogP contribution is 2.44. The van der Waals surface area contributed by atoms with Gasteiger partial charge in [0.05, 0.1) is 0 Å². The zero-order valence-corrected chi connectivity index (χ0v) is 22.8. The third kappa shape index (κ3) is 5.73. The number of guanidine groups is 1. The lowest BCUT2D eigenvalue weighted by Crippen LogP contribution is -2.49. The molecule has 0 bridgehead atoms. The fourth-order valence-corrected chi connectivity index (χ4v) is 6.41. The van der Waals surface area contributed by atoms with Gasteiger partial charge in [0, 0.05) is 38.5 Å². The SMILES string of the molecule is O=C(OCC1c2ccccc2-c2ccccc21)[C@H](Cc1ccccc1)N=C(N1CCCCC1)N1CCCCC1. The highest BCUT2D eigenvalue weighted by Gasteiger charge is 2.31. The molecule has 2 fully saturated rings. The number of esters is 1. The zero-order valence-electron chi connectivity index (χ0n) is 22.8. The Morgan fingerprint density at radius 2 is 1.23 bits per heavy atom. The molecule has 5 heteroatoms. The van der Waals surface area contributed by atoms with Crippen LogP contribution in [0.5, 0.6) is 0 Å². The standard InChI is InChI=1S/C34H39N3O2/c38-33(39-25-31-29-18-8-6-16-27(29)28-17-7-9-19-30(28)31)32(24-26-14-4-1-5-15-26)35-34(36-20-10-2-11-21-36)37-22-12-3-13-23-37/h1,4-9,14-19,31-32H,2-3,10-13,20-25H2/t32-/m0/s1. The first kappa shape index (κ1) is 25.7. The van der Waals surface area contributed by atoms with Gasteiger partial charge in [0.25, 0.3) is 0 Å². The summed E-state index contributed by atoms with van der Waals surface area (Å²) >= 11 is 0. The number of likely N-dealkylation sites (tertiary alicyclic amines) is 2.